The topological polar surface area (TPSA) is 70.7 Å². The summed E-state index contributed by atoms with van der Waals surface area (Å²) in [7, 11) is 1.88. The van der Waals surface area contributed by atoms with Crippen molar-refractivity contribution in [2.45, 2.75) is 0 Å². The number of aromatic nitrogens is 2. The number of nitrogens with one attached hydrogen (secondary N) is 1. The second kappa shape index (κ2) is 5.10. The highest BCUT2D eigenvalue weighted by Crippen LogP contribution is 2.16. The number of rotatable bonds is 2. The predicted octanol–water partition coefficient (Wildman–Crippen LogP) is 2.70. The van der Waals surface area contributed by atoms with Gasteiger partial charge in [-0.1, -0.05) is 6.07 Å². The maximum absolute atomic E-state index is 12.3. The lowest BCUT2D eigenvalue weighted by atomic mass is 10.1. The van der Waals surface area contributed by atoms with Crippen molar-refractivity contribution in [3.05, 3.63) is 59.9 Å². The fourth-order valence-corrected chi connectivity index (χ4v) is 2.14. The van der Waals surface area contributed by atoms with Gasteiger partial charge in [0.25, 0.3) is 5.91 Å². The molecule has 0 atom stereocenters. The van der Waals surface area contributed by atoms with Crippen LogP contribution in [0.3, 0.4) is 0 Å². The molecule has 0 saturated heterocycles. The van der Waals surface area contributed by atoms with Crippen molar-refractivity contribution in [2.24, 2.45) is 7.05 Å². The first-order valence-corrected chi connectivity index (χ1v) is 6.40. The average molecular weight is 276 g/mol. The first kappa shape index (κ1) is 12.9. The van der Waals surface area contributed by atoms with E-state index in [1.54, 1.807) is 42.7 Å². The van der Waals surface area contributed by atoms with E-state index in [2.05, 4.69) is 10.3 Å². The second-order valence-electron chi connectivity index (χ2n) is 4.71. The maximum Gasteiger partial charge on any atom is 0.255 e. The van der Waals surface area contributed by atoms with E-state index < -0.39 is 0 Å². The maximum atomic E-state index is 12.3. The average Bonchev–Trinajstić information content (AvgIpc) is 2.88. The minimum atomic E-state index is -0.215. The molecule has 1 N–H and O–H groups in total. The summed E-state index contributed by atoms with van der Waals surface area (Å²) in [4.78, 5) is 16.5. The zero-order chi connectivity index (χ0) is 14.8. The Morgan fingerprint density at radius 3 is 2.95 bits per heavy atom. The quantitative estimate of drug-likeness (QED) is 0.782. The largest absolute Gasteiger partial charge is 0.334 e. The number of nitriles is 1. The minimum Gasteiger partial charge on any atom is -0.334 e. The lowest BCUT2D eigenvalue weighted by Crippen LogP contribution is -2.12. The third kappa shape index (κ3) is 2.47. The standard InChI is InChI=1S/C16H12N4O/c1-20-10-18-14-6-5-12(8-15(14)20)16(21)19-13-4-2-3-11(7-13)9-17/h2-8,10H,1H3,(H,19,21). The summed E-state index contributed by atoms with van der Waals surface area (Å²) in [5.41, 5.74) is 3.40. The zero-order valence-electron chi connectivity index (χ0n) is 11.4. The fraction of sp³-hybridized carbons (Fsp3) is 0.0625. The number of aryl methyl sites for hydroxylation is 1. The Kier molecular flexibility index (Phi) is 3.13. The van der Waals surface area contributed by atoms with Crippen LogP contribution >= 0.6 is 0 Å². The van der Waals surface area contributed by atoms with E-state index >= 15 is 0 Å². The van der Waals surface area contributed by atoms with Gasteiger partial charge in [-0.25, -0.2) is 4.98 Å². The number of anilines is 1. The van der Waals surface area contributed by atoms with Crippen LogP contribution in [-0.4, -0.2) is 15.5 Å². The molecule has 1 aromatic heterocycles. The molecule has 5 heteroatoms. The van der Waals surface area contributed by atoms with Gasteiger partial charge in [-0.05, 0) is 36.4 Å². The first-order valence-electron chi connectivity index (χ1n) is 6.40. The second-order valence-corrected chi connectivity index (χ2v) is 4.71. The third-order valence-electron chi connectivity index (χ3n) is 3.24. The van der Waals surface area contributed by atoms with Crippen LogP contribution < -0.4 is 5.32 Å². The zero-order valence-corrected chi connectivity index (χ0v) is 11.4. The van der Waals surface area contributed by atoms with Crippen molar-refractivity contribution < 1.29 is 4.79 Å². The van der Waals surface area contributed by atoms with Crippen molar-refractivity contribution in [3.8, 4) is 6.07 Å². The van der Waals surface area contributed by atoms with Gasteiger partial charge in [0.15, 0.2) is 0 Å². The summed E-state index contributed by atoms with van der Waals surface area (Å²) in [6.07, 6.45) is 1.71. The van der Waals surface area contributed by atoms with Gasteiger partial charge in [0.1, 0.15) is 0 Å². The number of nitrogens with zero attached hydrogens (tertiary/aromatic N) is 3. The van der Waals surface area contributed by atoms with E-state index in [1.165, 1.54) is 0 Å². The number of carbonyl (C=O) groups excluding carboxylic acids is 1. The Morgan fingerprint density at radius 1 is 1.29 bits per heavy atom. The number of carbonyl (C=O) groups is 1. The van der Waals surface area contributed by atoms with Crippen LogP contribution in [0.2, 0.25) is 0 Å². The van der Waals surface area contributed by atoms with Gasteiger partial charge in [-0.15, -0.1) is 0 Å². The summed E-state index contributed by atoms with van der Waals surface area (Å²) in [6, 6.07) is 14.2. The Balaban J connectivity index is 1.89. The van der Waals surface area contributed by atoms with Gasteiger partial charge in [-0.2, -0.15) is 5.26 Å². The molecule has 0 aliphatic rings. The highest BCUT2D eigenvalue weighted by Gasteiger charge is 2.09. The number of imidazole rings is 1. The number of hydrogen-bond donors (Lipinski definition) is 1. The first-order chi connectivity index (χ1) is 10.2. The molecule has 0 spiro atoms. The lowest BCUT2D eigenvalue weighted by molar-refractivity contribution is 0.102. The normalized spacial score (nSPS) is 10.3. The van der Waals surface area contributed by atoms with Crippen LogP contribution in [0, 0.1) is 11.3 Å². The molecule has 0 aliphatic carbocycles. The van der Waals surface area contributed by atoms with E-state index in [1.807, 2.05) is 23.8 Å². The van der Waals surface area contributed by atoms with Crippen molar-refractivity contribution in [3.63, 3.8) is 0 Å². The Labute approximate surface area is 121 Å². The molecular weight excluding hydrogens is 264 g/mol. The van der Waals surface area contributed by atoms with Gasteiger partial charge in [0.05, 0.1) is 29.0 Å². The van der Waals surface area contributed by atoms with Crippen LogP contribution in [0.4, 0.5) is 5.69 Å². The van der Waals surface area contributed by atoms with Crippen LogP contribution in [0.25, 0.3) is 11.0 Å². The molecule has 0 fully saturated rings. The molecule has 1 amide bonds. The van der Waals surface area contributed by atoms with Crippen molar-refractivity contribution in [1.29, 1.82) is 5.26 Å². The molecule has 2 aromatic carbocycles. The third-order valence-corrected chi connectivity index (χ3v) is 3.24. The van der Waals surface area contributed by atoms with E-state index in [4.69, 9.17) is 5.26 Å². The molecule has 0 aliphatic heterocycles. The smallest absolute Gasteiger partial charge is 0.255 e. The molecule has 1 heterocycles. The van der Waals surface area contributed by atoms with Crippen molar-refractivity contribution in [2.75, 3.05) is 5.32 Å². The van der Waals surface area contributed by atoms with Crippen LogP contribution in [0.1, 0.15) is 15.9 Å². The monoisotopic (exact) mass is 276 g/mol. The molecule has 0 radical (unpaired) electrons. The summed E-state index contributed by atoms with van der Waals surface area (Å²) in [5, 5.41) is 11.7. The van der Waals surface area contributed by atoms with Crippen LogP contribution in [0.5, 0.6) is 0 Å². The molecule has 21 heavy (non-hydrogen) atoms. The van der Waals surface area contributed by atoms with Crippen molar-refractivity contribution in [1.82, 2.24) is 9.55 Å². The minimum absolute atomic E-state index is 0.215. The highest BCUT2D eigenvalue weighted by molar-refractivity contribution is 6.06. The van der Waals surface area contributed by atoms with E-state index in [0.717, 1.165) is 11.0 Å². The lowest BCUT2D eigenvalue weighted by Gasteiger charge is -2.06. The summed E-state index contributed by atoms with van der Waals surface area (Å²) in [5.74, 6) is -0.215. The number of fused-ring (bicyclic) bond motifs is 1. The van der Waals surface area contributed by atoms with Crippen molar-refractivity contribution >= 4 is 22.6 Å². The van der Waals surface area contributed by atoms with Gasteiger partial charge < -0.3 is 9.88 Å². The Morgan fingerprint density at radius 2 is 2.14 bits per heavy atom. The van der Waals surface area contributed by atoms with E-state index in [-0.39, 0.29) is 5.91 Å². The Bertz CT molecular complexity index is 873. The molecule has 3 aromatic rings. The Hall–Kier alpha value is -3.13. The highest BCUT2D eigenvalue weighted by atomic mass is 16.1. The molecule has 0 saturated carbocycles. The van der Waals surface area contributed by atoms with E-state index in [9.17, 15) is 4.79 Å². The molecular formula is C16H12N4O. The molecule has 5 nitrogen and oxygen atoms in total. The SMILES string of the molecule is Cn1cnc2ccc(C(=O)Nc3cccc(C#N)c3)cc21. The predicted molar refractivity (Wildman–Crippen MR) is 79.8 cm³/mol. The van der Waals surface area contributed by atoms with Gasteiger partial charge in [0.2, 0.25) is 0 Å². The molecule has 3 rings (SSSR count). The van der Waals surface area contributed by atoms with E-state index in [0.29, 0.717) is 16.8 Å². The number of hydrogen-bond acceptors (Lipinski definition) is 3. The van der Waals surface area contributed by atoms with Crippen LogP contribution in [0.15, 0.2) is 48.8 Å². The van der Waals surface area contributed by atoms with Gasteiger partial charge >= 0.3 is 0 Å². The molecule has 0 bridgehead atoms. The fourth-order valence-electron chi connectivity index (χ4n) is 2.14. The molecule has 0 unspecified atom stereocenters. The summed E-state index contributed by atoms with van der Waals surface area (Å²) < 4.78 is 1.86. The van der Waals surface area contributed by atoms with Gasteiger partial charge in [-0.3, -0.25) is 4.79 Å². The summed E-state index contributed by atoms with van der Waals surface area (Å²) in [6.45, 7) is 0. The number of benzene rings is 2. The van der Waals surface area contributed by atoms with Crippen LogP contribution in [-0.2, 0) is 7.05 Å². The summed E-state index contributed by atoms with van der Waals surface area (Å²) >= 11 is 0. The molecule has 102 valence electrons. The van der Waals surface area contributed by atoms with Gasteiger partial charge in [0, 0.05) is 18.3 Å². The number of amides is 1.